The average Bonchev–Trinajstić information content (AvgIpc) is 3.19. The number of carbonyl (C=O) groups excluding carboxylic acids is 1. The van der Waals surface area contributed by atoms with E-state index in [9.17, 15) is 4.79 Å². The highest BCUT2D eigenvalue weighted by Crippen LogP contribution is 2.93. The quantitative estimate of drug-likeness (QED) is 0.551. The van der Waals surface area contributed by atoms with Crippen LogP contribution in [0.3, 0.4) is 0 Å². The van der Waals surface area contributed by atoms with Gasteiger partial charge in [0.25, 0.3) is 0 Å². The number of piperidine rings is 1. The van der Waals surface area contributed by atoms with E-state index in [1.54, 1.807) is 0 Å². The number of allylic oxidation sites excluding steroid dienone is 2. The second kappa shape index (κ2) is 5.35. The van der Waals surface area contributed by atoms with Crippen molar-refractivity contribution < 1.29 is 9.53 Å². The molecule has 7 fully saturated rings. The Kier molecular flexibility index (Phi) is 3.23. The van der Waals surface area contributed by atoms with Crippen molar-refractivity contribution in [3.63, 3.8) is 0 Å². The molecule has 3 unspecified atom stereocenters. The smallest absolute Gasteiger partial charge is 0.155 e. The minimum Gasteiger partial charge on any atom is -0.369 e. The van der Waals surface area contributed by atoms with Crippen LogP contribution in [0.25, 0.3) is 0 Å². The molecule has 5 saturated carbocycles. The molecule has 8 aliphatic rings. The lowest BCUT2D eigenvalue weighted by Crippen LogP contribution is -2.64. The number of ketones is 1. The van der Waals surface area contributed by atoms with Crippen molar-refractivity contribution in [2.75, 3.05) is 13.6 Å². The zero-order chi connectivity index (χ0) is 21.0. The van der Waals surface area contributed by atoms with Gasteiger partial charge in [-0.3, -0.25) is 4.79 Å². The van der Waals surface area contributed by atoms with Crippen LogP contribution in [0.5, 0.6) is 0 Å². The minimum absolute atomic E-state index is 0.229. The Balaban J connectivity index is 1.15. The molecule has 3 spiro atoms. The summed E-state index contributed by atoms with van der Waals surface area (Å²) in [6, 6.07) is 0.691. The van der Waals surface area contributed by atoms with Gasteiger partial charge in [0.05, 0.1) is 11.7 Å². The second-order valence-corrected chi connectivity index (χ2v) is 13.8. The summed E-state index contributed by atoms with van der Waals surface area (Å²) in [4.78, 5) is 14.9. The first kappa shape index (κ1) is 18.7. The van der Waals surface area contributed by atoms with E-state index < -0.39 is 0 Å². The Morgan fingerprint density at radius 2 is 1.97 bits per heavy atom. The van der Waals surface area contributed by atoms with E-state index in [0.29, 0.717) is 34.2 Å². The van der Waals surface area contributed by atoms with E-state index in [-0.39, 0.29) is 5.60 Å². The molecular weight excluding hydrogens is 382 g/mol. The van der Waals surface area contributed by atoms with Crippen LogP contribution in [0.15, 0.2) is 11.6 Å². The molecule has 3 nitrogen and oxygen atoms in total. The largest absolute Gasteiger partial charge is 0.369 e. The topological polar surface area (TPSA) is 29.5 Å². The maximum Gasteiger partial charge on any atom is 0.155 e. The summed E-state index contributed by atoms with van der Waals surface area (Å²) < 4.78 is 7.25. The van der Waals surface area contributed by atoms with E-state index in [1.807, 2.05) is 0 Å². The fraction of sp³-hybridized carbons (Fsp3) is 0.893. The Hall–Kier alpha value is -0.670. The summed E-state index contributed by atoms with van der Waals surface area (Å²) in [6.45, 7) is 6.22. The van der Waals surface area contributed by atoms with Crippen LogP contribution in [0.2, 0.25) is 0 Å². The highest BCUT2D eigenvalue weighted by atomic mass is 16.5. The summed E-state index contributed by atoms with van der Waals surface area (Å²) in [5.41, 5.74) is 3.18. The highest BCUT2D eigenvalue weighted by molar-refractivity contribution is 5.91. The SMILES string of the molecule is C[C@H]1C[C@H]2O[C@@]34CC[C@H]5C6CCC7=CC(=O)CC[C@]7(C)[C@H]6CC56CC63C[C@@H]4[C@@H]2N(C)C1. The van der Waals surface area contributed by atoms with Gasteiger partial charge in [-0.2, -0.15) is 0 Å². The summed E-state index contributed by atoms with van der Waals surface area (Å²) in [5.74, 6) is 4.65. The fourth-order valence-electron chi connectivity index (χ4n) is 12.0. The molecule has 2 aliphatic heterocycles. The molecule has 2 heterocycles. The number of likely N-dealkylation sites (N-methyl/N-ethyl adjacent to an activating group) is 1. The Bertz CT molecular complexity index is 926. The van der Waals surface area contributed by atoms with Gasteiger partial charge in [0, 0.05) is 30.3 Å². The Labute approximate surface area is 187 Å². The number of nitrogens with zero attached hydrogens (tertiary/aromatic N) is 1. The lowest BCUT2D eigenvalue weighted by atomic mass is 9.47. The Morgan fingerprint density at radius 1 is 1.10 bits per heavy atom. The zero-order valence-corrected chi connectivity index (χ0v) is 19.7. The molecule has 0 aromatic rings. The first-order valence-corrected chi connectivity index (χ1v) is 13.5. The number of fused-ring (bicyclic) bond motifs is 6. The molecule has 6 aliphatic carbocycles. The van der Waals surface area contributed by atoms with Gasteiger partial charge < -0.3 is 9.64 Å². The molecule has 0 N–H and O–H groups in total. The van der Waals surface area contributed by atoms with E-state index in [0.717, 1.165) is 42.4 Å². The summed E-state index contributed by atoms with van der Waals surface area (Å²) in [6.07, 6.45) is 15.5. The van der Waals surface area contributed by atoms with E-state index in [4.69, 9.17) is 4.74 Å². The summed E-state index contributed by atoms with van der Waals surface area (Å²) in [5, 5.41) is 0. The first-order valence-electron chi connectivity index (χ1n) is 13.5. The monoisotopic (exact) mass is 421 g/mol. The van der Waals surface area contributed by atoms with Gasteiger partial charge in [-0.1, -0.05) is 19.4 Å². The van der Waals surface area contributed by atoms with Crippen LogP contribution in [0, 0.1) is 45.8 Å². The van der Waals surface area contributed by atoms with Gasteiger partial charge in [-0.05, 0) is 105 Å². The molecule has 0 aromatic carbocycles. The van der Waals surface area contributed by atoms with Crippen LogP contribution in [0.1, 0.15) is 78.1 Å². The molecule has 11 atom stereocenters. The van der Waals surface area contributed by atoms with Crippen molar-refractivity contribution in [1.82, 2.24) is 4.90 Å². The van der Waals surface area contributed by atoms with Crippen molar-refractivity contribution in [3.05, 3.63) is 11.6 Å². The summed E-state index contributed by atoms with van der Waals surface area (Å²) >= 11 is 0. The third-order valence-electron chi connectivity index (χ3n) is 13.0. The van der Waals surface area contributed by atoms with E-state index >= 15 is 0 Å². The number of carbonyl (C=O) groups is 1. The third-order valence-corrected chi connectivity index (χ3v) is 13.0. The molecule has 0 aromatic heterocycles. The molecule has 0 amide bonds. The lowest BCUT2D eigenvalue weighted by molar-refractivity contribution is -0.211. The van der Waals surface area contributed by atoms with Gasteiger partial charge in [0.2, 0.25) is 0 Å². The Morgan fingerprint density at radius 3 is 2.84 bits per heavy atom. The summed E-state index contributed by atoms with van der Waals surface area (Å²) in [7, 11) is 2.37. The maximum atomic E-state index is 12.2. The molecule has 168 valence electrons. The normalized spacial score (nSPS) is 63.4. The number of likely N-dealkylation sites (tertiary alicyclic amines) is 1. The van der Waals surface area contributed by atoms with Crippen molar-refractivity contribution >= 4 is 5.78 Å². The number of ether oxygens (including phenoxy) is 1. The van der Waals surface area contributed by atoms with Gasteiger partial charge >= 0.3 is 0 Å². The molecule has 8 rings (SSSR count). The van der Waals surface area contributed by atoms with Crippen LogP contribution in [-0.2, 0) is 9.53 Å². The predicted molar refractivity (Wildman–Crippen MR) is 119 cm³/mol. The number of hydrogen-bond donors (Lipinski definition) is 0. The fourth-order valence-corrected chi connectivity index (χ4v) is 12.0. The second-order valence-electron chi connectivity index (χ2n) is 13.8. The molecule has 0 bridgehead atoms. The van der Waals surface area contributed by atoms with Crippen molar-refractivity contribution in [2.45, 2.75) is 95.8 Å². The average molecular weight is 422 g/mol. The molecule has 2 saturated heterocycles. The number of rotatable bonds is 0. The standard InChI is InChI=1S/C28H39NO2/c1-16-10-23-24(29(3)14-16)22-13-27-15-26(27)12-21-19(20(26)7-9-28(22,27)31-23)5-4-17-11-18(30)6-8-25(17,21)2/h11,16,19-24H,4-10,12-15H2,1-3H3/t16-,19?,20-,21-,22+,23+,24-,25-,26?,27?,28+/m0/s1. The van der Waals surface area contributed by atoms with Gasteiger partial charge in [-0.25, -0.2) is 0 Å². The van der Waals surface area contributed by atoms with E-state index in [2.05, 4.69) is 31.9 Å². The van der Waals surface area contributed by atoms with Gasteiger partial charge in [-0.15, -0.1) is 0 Å². The minimum atomic E-state index is 0.229. The lowest BCUT2D eigenvalue weighted by Gasteiger charge is -2.60. The third kappa shape index (κ3) is 1.83. The maximum absolute atomic E-state index is 12.2. The van der Waals surface area contributed by atoms with Crippen molar-refractivity contribution in [3.8, 4) is 0 Å². The molecule has 0 radical (unpaired) electrons. The first-order chi connectivity index (χ1) is 14.8. The molecule has 3 heteroatoms. The predicted octanol–water partition coefficient (Wildman–Crippen LogP) is 5.00. The van der Waals surface area contributed by atoms with Crippen LogP contribution in [0.4, 0.5) is 0 Å². The van der Waals surface area contributed by atoms with Gasteiger partial charge in [0.15, 0.2) is 5.78 Å². The van der Waals surface area contributed by atoms with Crippen molar-refractivity contribution in [1.29, 1.82) is 0 Å². The van der Waals surface area contributed by atoms with E-state index in [1.165, 1.54) is 63.5 Å². The van der Waals surface area contributed by atoms with Gasteiger partial charge in [0.1, 0.15) is 0 Å². The highest BCUT2D eigenvalue weighted by Gasteiger charge is 2.91. The zero-order valence-electron chi connectivity index (χ0n) is 19.7. The molecular formula is C28H39NO2. The van der Waals surface area contributed by atoms with Crippen LogP contribution < -0.4 is 0 Å². The van der Waals surface area contributed by atoms with Crippen molar-refractivity contribution in [2.24, 2.45) is 45.8 Å². The molecule has 31 heavy (non-hydrogen) atoms. The van der Waals surface area contributed by atoms with Crippen LogP contribution in [-0.4, -0.2) is 42.0 Å². The van der Waals surface area contributed by atoms with Crippen LogP contribution >= 0.6 is 0 Å². The number of hydrogen-bond acceptors (Lipinski definition) is 3.